The van der Waals surface area contributed by atoms with E-state index in [2.05, 4.69) is 196 Å². The molecule has 0 atom stereocenters. The Hall–Kier alpha value is -6.07. The molecule has 9 aromatic rings. The van der Waals surface area contributed by atoms with E-state index in [0.717, 1.165) is 0 Å². The SMILES string of the molecule is C[Si]1(C)c2ccccc2-c2cccc(-c3cccc4c(-c5cccc6c5C5(CCCC5)c5ccccc5-6)c5cccc(-c6cccc7c6[Si](C)(C)c6ccccc6-7)c5cc34)c21. The highest BCUT2D eigenvalue weighted by atomic mass is 28.3. The van der Waals surface area contributed by atoms with Crippen LogP contribution >= 0.6 is 0 Å². The minimum Gasteiger partial charge on any atom is -0.0623 e. The Morgan fingerprint density at radius 3 is 1.28 bits per heavy atom. The van der Waals surface area contributed by atoms with Gasteiger partial charge in [-0.2, -0.15) is 0 Å². The second-order valence-electron chi connectivity index (χ2n) is 19.4. The molecule has 0 amide bonds. The summed E-state index contributed by atoms with van der Waals surface area (Å²) in [5.41, 5.74) is 20.1. The molecule has 9 aromatic carbocycles. The Morgan fingerprint density at radius 2 is 0.738 bits per heavy atom. The largest absolute Gasteiger partial charge is 0.114 e. The van der Waals surface area contributed by atoms with Gasteiger partial charge < -0.3 is 0 Å². The molecule has 2 heterocycles. The van der Waals surface area contributed by atoms with Crippen LogP contribution in [0.5, 0.6) is 0 Å². The molecule has 0 nitrogen and oxygen atoms in total. The summed E-state index contributed by atoms with van der Waals surface area (Å²) in [7, 11) is -4.03. The third-order valence-electron chi connectivity index (χ3n) is 15.8. The van der Waals surface area contributed by atoms with Crippen LogP contribution in [0.1, 0.15) is 36.8 Å². The van der Waals surface area contributed by atoms with Crippen LogP contribution in [0.3, 0.4) is 0 Å². The average molecular weight is 813 g/mol. The number of rotatable bonds is 3. The van der Waals surface area contributed by atoms with Gasteiger partial charge in [-0.25, -0.2) is 0 Å². The van der Waals surface area contributed by atoms with E-state index in [1.807, 2.05) is 0 Å². The zero-order valence-electron chi connectivity index (χ0n) is 35.5. The van der Waals surface area contributed by atoms with Gasteiger partial charge in [0.25, 0.3) is 0 Å². The van der Waals surface area contributed by atoms with Crippen molar-refractivity contribution in [3.63, 3.8) is 0 Å². The first-order valence-corrected chi connectivity index (χ1v) is 28.5. The van der Waals surface area contributed by atoms with Crippen LogP contribution in [0.4, 0.5) is 0 Å². The second-order valence-corrected chi connectivity index (χ2v) is 28.0. The van der Waals surface area contributed by atoms with E-state index in [-0.39, 0.29) is 5.41 Å². The molecule has 1 spiro atoms. The van der Waals surface area contributed by atoms with E-state index >= 15 is 0 Å². The van der Waals surface area contributed by atoms with Crippen molar-refractivity contribution in [3.8, 4) is 66.8 Å². The molecule has 292 valence electrons. The molecule has 2 heteroatoms. The summed E-state index contributed by atoms with van der Waals surface area (Å²) in [6.45, 7) is 10.3. The standard InChI is InChI=1S/C59H48Si2/c1-60(2)53-32-9-6-19-40(53)47-28-16-26-45(57(47)60)37-21-13-23-42-50(37)36-51-38(46-27-17-29-48-41-20-7-10-33-54(41)61(3,4)58(46)48)22-14-24-43(51)55(42)49-30-15-25-44-39-18-5-8-31-52(39)59(56(44)49)34-11-12-35-59/h5-10,13-33,36H,11-12,34-35H2,1-4H3. The Balaban J connectivity index is 1.16. The molecule has 0 saturated heterocycles. The van der Waals surface area contributed by atoms with Gasteiger partial charge in [0.05, 0.1) is 0 Å². The van der Waals surface area contributed by atoms with Gasteiger partial charge in [-0.15, -0.1) is 0 Å². The third kappa shape index (κ3) is 4.59. The summed E-state index contributed by atoms with van der Waals surface area (Å²) in [6, 6.07) is 66.4. The minimum absolute atomic E-state index is 0.0372. The molecular weight excluding hydrogens is 765 g/mol. The van der Waals surface area contributed by atoms with E-state index in [1.54, 1.807) is 31.9 Å². The zero-order valence-corrected chi connectivity index (χ0v) is 37.5. The summed E-state index contributed by atoms with van der Waals surface area (Å²) >= 11 is 0. The summed E-state index contributed by atoms with van der Waals surface area (Å²) in [5.74, 6) is 0. The zero-order chi connectivity index (χ0) is 40.8. The first-order valence-electron chi connectivity index (χ1n) is 22.5. The van der Waals surface area contributed by atoms with Crippen LogP contribution in [-0.4, -0.2) is 16.1 Å². The number of benzene rings is 9. The first-order chi connectivity index (χ1) is 29.8. The molecule has 1 saturated carbocycles. The van der Waals surface area contributed by atoms with Crippen molar-refractivity contribution in [2.75, 3.05) is 0 Å². The molecule has 1 fully saturated rings. The molecule has 0 unspecified atom stereocenters. The predicted molar refractivity (Wildman–Crippen MR) is 267 cm³/mol. The van der Waals surface area contributed by atoms with Crippen molar-refractivity contribution in [3.05, 3.63) is 181 Å². The molecule has 0 bridgehead atoms. The van der Waals surface area contributed by atoms with E-state index in [0.29, 0.717) is 0 Å². The van der Waals surface area contributed by atoms with Crippen LogP contribution < -0.4 is 20.7 Å². The van der Waals surface area contributed by atoms with E-state index in [1.165, 1.54) is 114 Å². The fourth-order valence-electron chi connectivity index (χ4n) is 13.3. The van der Waals surface area contributed by atoms with Gasteiger partial charge >= 0.3 is 0 Å². The van der Waals surface area contributed by atoms with Gasteiger partial charge in [-0.1, -0.05) is 203 Å². The lowest BCUT2D eigenvalue weighted by Gasteiger charge is -2.30. The lowest BCUT2D eigenvalue weighted by Crippen LogP contribution is -2.50. The molecule has 4 aliphatic rings. The fourth-order valence-corrected chi connectivity index (χ4v) is 20.3. The molecule has 0 N–H and O–H groups in total. The maximum absolute atomic E-state index is 2.61. The highest BCUT2D eigenvalue weighted by Crippen LogP contribution is 2.60. The minimum atomic E-state index is -2.02. The Morgan fingerprint density at radius 1 is 0.344 bits per heavy atom. The predicted octanol–water partition coefficient (Wildman–Crippen LogP) is 13.4. The molecule has 13 rings (SSSR count). The second kappa shape index (κ2) is 12.5. The lowest BCUT2D eigenvalue weighted by atomic mass is 9.73. The van der Waals surface area contributed by atoms with Gasteiger partial charge in [-0.05, 0) is 139 Å². The molecular formula is C59H48Si2. The fraction of sp³-hybridized carbons (Fsp3) is 0.153. The van der Waals surface area contributed by atoms with Crippen LogP contribution in [0, 0.1) is 0 Å². The molecule has 2 aliphatic carbocycles. The summed E-state index contributed by atoms with van der Waals surface area (Å²) < 4.78 is 0. The summed E-state index contributed by atoms with van der Waals surface area (Å²) in [6.07, 6.45) is 4.96. The van der Waals surface area contributed by atoms with Gasteiger partial charge in [0, 0.05) is 5.41 Å². The lowest BCUT2D eigenvalue weighted by molar-refractivity contribution is 0.551. The maximum atomic E-state index is 2.61. The van der Waals surface area contributed by atoms with Gasteiger partial charge in [0.15, 0.2) is 0 Å². The molecule has 61 heavy (non-hydrogen) atoms. The number of hydrogen-bond acceptors (Lipinski definition) is 0. The highest BCUT2D eigenvalue weighted by molar-refractivity contribution is 7.05. The quantitative estimate of drug-likeness (QED) is 0.123. The molecule has 0 radical (unpaired) electrons. The van der Waals surface area contributed by atoms with Crippen molar-refractivity contribution < 1.29 is 0 Å². The van der Waals surface area contributed by atoms with Crippen LogP contribution in [0.25, 0.3) is 88.3 Å². The smallest absolute Gasteiger partial charge is 0.0623 e. The van der Waals surface area contributed by atoms with Crippen LogP contribution in [0.15, 0.2) is 170 Å². The van der Waals surface area contributed by atoms with Crippen molar-refractivity contribution >= 4 is 58.4 Å². The van der Waals surface area contributed by atoms with Crippen LogP contribution in [0.2, 0.25) is 26.2 Å². The normalized spacial score (nSPS) is 16.7. The maximum Gasteiger partial charge on any atom is 0.114 e. The highest BCUT2D eigenvalue weighted by Gasteiger charge is 2.47. The molecule has 2 aliphatic heterocycles. The van der Waals surface area contributed by atoms with E-state index in [9.17, 15) is 0 Å². The Kier molecular flexibility index (Phi) is 7.31. The van der Waals surface area contributed by atoms with E-state index < -0.39 is 16.1 Å². The van der Waals surface area contributed by atoms with Gasteiger partial charge in [-0.3, -0.25) is 0 Å². The van der Waals surface area contributed by atoms with Crippen molar-refractivity contribution in [2.45, 2.75) is 57.3 Å². The summed E-state index contributed by atoms with van der Waals surface area (Å²) in [5, 5.41) is 11.7. The number of fused-ring (bicyclic) bond motifs is 13. The van der Waals surface area contributed by atoms with Crippen molar-refractivity contribution in [1.29, 1.82) is 0 Å². The average Bonchev–Trinajstić information content (AvgIpc) is 4.02. The van der Waals surface area contributed by atoms with Crippen molar-refractivity contribution in [2.24, 2.45) is 0 Å². The first kappa shape index (κ1) is 35.7. The Bertz CT molecular complexity index is 3210. The molecule has 0 aromatic heterocycles. The summed E-state index contributed by atoms with van der Waals surface area (Å²) in [4.78, 5) is 0. The number of hydrogen-bond donors (Lipinski definition) is 0. The van der Waals surface area contributed by atoms with Crippen LogP contribution in [-0.2, 0) is 5.41 Å². The van der Waals surface area contributed by atoms with Gasteiger partial charge in [0.2, 0.25) is 0 Å². The van der Waals surface area contributed by atoms with Crippen molar-refractivity contribution in [1.82, 2.24) is 0 Å². The van der Waals surface area contributed by atoms with Gasteiger partial charge in [0.1, 0.15) is 16.1 Å². The topological polar surface area (TPSA) is 0 Å². The third-order valence-corrected chi connectivity index (χ3v) is 22.9. The Labute approximate surface area is 361 Å². The van der Waals surface area contributed by atoms with E-state index in [4.69, 9.17) is 0 Å². The monoisotopic (exact) mass is 812 g/mol.